The van der Waals surface area contributed by atoms with Gasteiger partial charge >= 0.3 is 0 Å². The zero-order chi connectivity index (χ0) is 13.8. The highest BCUT2D eigenvalue weighted by molar-refractivity contribution is 5.94. The summed E-state index contributed by atoms with van der Waals surface area (Å²) >= 11 is 0. The van der Waals surface area contributed by atoms with Crippen molar-refractivity contribution >= 4 is 5.91 Å². The SMILES string of the molecule is CC(C)C1CCCCC1NC(=O)c1ccc(F)cc1. The fourth-order valence-electron chi connectivity index (χ4n) is 2.99. The van der Waals surface area contributed by atoms with E-state index in [0.717, 1.165) is 6.42 Å². The van der Waals surface area contributed by atoms with E-state index in [1.807, 2.05) is 0 Å². The Bertz CT molecular complexity index is 427. The van der Waals surface area contributed by atoms with Gasteiger partial charge in [0.1, 0.15) is 5.82 Å². The molecular weight excluding hydrogens is 241 g/mol. The van der Waals surface area contributed by atoms with Gasteiger partial charge in [-0.1, -0.05) is 26.7 Å². The lowest BCUT2D eigenvalue weighted by Gasteiger charge is -2.34. The molecule has 0 radical (unpaired) electrons. The zero-order valence-corrected chi connectivity index (χ0v) is 11.7. The Labute approximate surface area is 114 Å². The summed E-state index contributed by atoms with van der Waals surface area (Å²) in [5.41, 5.74) is 0.537. The van der Waals surface area contributed by atoms with E-state index in [0.29, 0.717) is 17.4 Å². The normalized spacial score (nSPS) is 23.4. The van der Waals surface area contributed by atoms with Crippen LogP contribution in [0.3, 0.4) is 0 Å². The van der Waals surface area contributed by atoms with Gasteiger partial charge < -0.3 is 5.32 Å². The van der Waals surface area contributed by atoms with Crippen molar-refractivity contribution in [2.75, 3.05) is 0 Å². The van der Waals surface area contributed by atoms with E-state index >= 15 is 0 Å². The molecule has 1 aliphatic carbocycles. The monoisotopic (exact) mass is 263 g/mol. The minimum Gasteiger partial charge on any atom is -0.349 e. The summed E-state index contributed by atoms with van der Waals surface area (Å²) in [6, 6.07) is 5.99. The van der Waals surface area contributed by atoms with Crippen LogP contribution in [0.15, 0.2) is 24.3 Å². The van der Waals surface area contributed by atoms with Gasteiger partial charge in [-0.3, -0.25) is 4.79 Å². The second kappa shape index (κ2) is 6.18. The zero-order valence-electron chi connectivity index (χ0n) is 11.7. The van der Waals surface area contributed by atoms with Crippen LogP contribution < -0.4 is 5.32 Å². The van der Waals surface area contributed by atoms with Gasteiger partial charge in [0.2, 0.25) is 0 Å². The van der Waals surface area contributed by atoms with Gasteiger partial charge in [-0.25, -0.2) is 4.39 Å². The first-order valence-corrected chi connectivity index (χ1v) is 7.14. The van der Waals surface area contributed by atoms with Crippen LogP contribution in [0.2, 0.25) is 0 Å². The molecule has 104 valence electrons. The first-order valence-electron chi connectivity index (χ1n) is 7.14. The topological polar surface area (TPSA) is 29.1 Å². The third kappa shape index (κ3) is 3.55. The molecule has 3 heteroatoms. The lowest BCUT2D eigenvalue weighted by atomic mass is 9.78. The Morgan fingerprint density at radius 3 is 2.47 bits per heavy atom. The predicted octanol–water partition coefficient (Wildman–Crippen LogP) is 3.77. The molecular formula is C16H22FNO. The Balaban J connectivity index is 2.02. The second-order valence-electron chi connectivity index (χ2n) is 5.78. The predicted molar refractivity (Wildman–Crippen MR) is 74.5 cm³/mol. The van der Waals surface area contributed by atoms with Crippen molar-refractivity contribution in [2.45, 2.75) is 45.6 Å². The van der Waals surface area contributed by atoms with Crippen LogP contribution in [0.5, 0.6) is 0 Å². The van der Waals surface area contributed by atoms with Crippen molar-refractivity contribution in [3.8, 4) is 0 Å². The van der Waals surface area contributed by atoms with Crippen molar-refractivity contribution < 1.29 is 9.18 Å². The molecule has 2 nitrogen and oxygen atoms in total. The average molecular weight is 263 g/mol. The van der Waals surface area contributed by atoms with Crippen molar-refractivity contribution in [3.05, 3.63) is 35.6 Å². The van der Waals surface area contributed by atoms with Crippen molar-refractivity contribution in [1.29, 1.82) is 0 Å². The molecule has 0 heterocycles. The lowest BCUT2D eigenvalue weighted by Crippen LogP contribution is -2.43. The first kappa shape index (κ1) is 14.0. The van der Waals surface area contributed by atoms with Crippen LogP contribution in [0, 0.1) is 17.7 Å². The number of halogens is 1. The molecule has 0 saturated heterocycles. The number of nitrogens with one attached hydrogen (secondary N) is 1. The van der Waals surface area contributed by atoms with E-state index in [-0.39, 0.29) is 17.8 Å². The van der Waals surface area contributed by atoms with Crippen molar-refractivity contribution in [1.82, 2.24) is 5.32 Å². The lowest BCUT2D eigenvalue weighted by molar-refractivity contribution is 0.0889. The van der Waals surface area contributed by atoms with E-state index in [1.54, 1.807) is 0 Å². The summed E-state index contributed by atoms with van der Waals surface area (Å²) in [4.78, 5) is 12.2. The maximum atomic E-state index is 12.8. The van der Waals surface area contributed by atoms with Crippen molar-refractivity contribution in [3.63, 3.8) is 0 Å². The molecule has 0 spiro atoms. The number of rotatable bonds is 3. The summed E-state index contributed by atoms with van der Waals surface area (Å²) in [6.45, 7) is 4.43. The van der Waals surface area contributed by atoms with E-state index in [2.05, 4.69) is 19.2 Å². The number of hydrogen-bond donors (Lipinski definition) is 1. The number of benzene rings is 1. The smallest absolute Gasteiger partial charge is 0.251 e. The van der Waals surface area contributed by atoms with E-state index in [4.69, 9.17) is 0 Å². The summed E-state index contributed by atoms with van der Waals surface area (Å²) in [5.74, 6) is 0.740. The highest BCUT2D eigenvalue weighted by atomic mass is 19.1. The summed E-state index contributed by atoms with van der Waals surface area (Å²) < 4.78 is 12.8. The summed E-state index contributed by atoms with van der Waals surface area (Å²) in [5, 5.41) is 3.12. The van der Waals surface area contributed by atoms with Gasteiger partial charge in [-0.15, -0.1) is 0 Å². The number of hydrogen-bond acceptors (Lipinski definition) is 1. The van der Waals surface area contributed by atoms with Gasteiger partial charge in [-0.2, -0.15) is 0 Å². The Morgan fingerprint density at radius 1 is 1.21 bits per heavy atom. The maximum Gasteiger partial charge on any atom is 0.251 e. The minimum absolute atomic E-state index is 0.0856. The standard InChI is InChI=1S/C16H22FNO/c1-11(2)14-5-3-4-6-15(14)18-16(19)12-7-9-13(17)10-8-12/h7-11,14-15H,3-6H2,1-2H3,(H,18,19). The maximum absolute atomic E-state index is 12.8. The number of carbonyl (C=O) groups is 1. The average Bonchev–Trinajstić information content (AvgIpc) is 2.39. The fraction of sp³-hybridized carbons (Fsp3) is 0.562. The molecule has 2 unspecified atom stereocenters. The van der Waals surface area contributed by atoms with Gasteiger partial charge in [0.05, 0.1) is 0 Å². The molecule has 1 saturated carbocycles. The molecule has 0 aliphatic heterocycles. The van der Waals surface area contributed by atoms with Crippen LogP contribution in [-0.2, 0) is 0 Å². The van der Waals surface area contributed by atoms with E-state index in [1.165, 1.54) is 43.5 Å². The number of amides is 1. The molecule has 1 aromatic rings. The third-order valence-electron chi connectivity index (χ3n) is 4.10. The molecule has 1 fully saturated rings. The molecule has 2 rings (SSSR count). The van der Waals surface area contributed by atoms with Crippen LogP contribution in [-0.4, -0.2) is 11.9 Å². The highest BCUT2D eigenvalue weighted by Crippen LogP contribution is 2.30. The molecule has 1 aliphatic rings. The minimum atomic E-state index is -0.311. The summed E-state index contributed by atoms with van der Waals surface area (Å²) in [7, 11) is 0. The number of carbonyl (C=O) groups excluding carboxylic acids is 1. The third-order valence-corrected chi connectivity index (χ3v) is 4.10. The van der Waals surface area contributed by atoms with Gasteiger partial charge in [0, 0.05) is 11.6 Å². The molecule has 0 bridgehead atoms. The quantitative estimate of drug-likeness (QED) is 0.883. The molecule has 1 amide bonds. The molecule has 1 N–H and O–H groups in total. The van der Waals surface area contributed by atoms with Crippen molar-refractivity contribution in [2.24, 2.45) is 11.8 Å². The van der Waals surface area contributed by atoms with Gasteiger partial charge in [0.25, 0.3) is 5.91 Å². The van der Waals surface area contributed by atoms with E-state index < -0.39 is 0 Å². The molecule has 0 aromatic heterocycles. The highest BCUT2D eigenvalue weighted by Gasteiger charge is 2.28. The van der Waals surface area contributed by atoms with Crippen LogP contribution in [0.4, 0.5) is 4.39 Å². The molecule has 19 heavy (non-hydrogen) atoms. The first-order chi connectivity index (χ1) is 9.08. The second-order valence-corrected chi connectivity index (χ2v) is 5.78. The Morgan fingerprint density at radius 2 is 1.84 bits per heavy atom. The van der Waals surface area contributed by atoms with E-state index in [9.17, 15) is 9.18 Å². The Hall–Kier alpha value is -1.38. The largest absolute Gasteiger partial charge is 0.349 e. The fourth-order valence-corrected chi connectivity index (χ4v) is 2.99. The molecule has 2 atom stereocenters. The Kier molecular flexibility index (Phi) is 4.56. The van der Waals surface area contributed by atoms with Crippen LogP contribution in [0.25, 0.3) is 0 Å². The van der Waals surface area contributed by atoms with Crippen LogP contribution >= 0.6 is 0 Å². The van der Waals surface area contributed by atoms with Gasteiger partial charge in [-0.05, 0) is 48.9 Å². The van der Waals surface area contributed by atoms with Gasteiger partial charge in [0.15, 0.2) is 0 Å². The molecule has 1 aromatic carbocycles. The van der Waals surface area contributed by atoms with Crippen LogP contribution in [0.1, 0.15) is 49.9 Å². The summed E-state index contributed by atoms with van der Waals surface area (Å²) in [6.07, 6.45) is 4.67.